The first-order chi connectivity index (χ1) is 7.18. The molecule has 1 aliphatic heterocycles. The Balaban J connectivity index is 2.18. The summed E-state index contributed by atoms with van der Waals surface area (Å²) in [6.45, 7) is 6.20. The lowest BCUT2D eigenvalue weighted by molar-refractivity contribution is -0.0571. The Bertz CT molecular complexity index is 320. The van der Waals surface area contributed by atoms with Crippen LogP contribution < -0.4 is 0 Å². The Morgan fingerprint density at radius 3 is 2.60 bits per heavy atom. The molecule has 1 fully saturated rings. The summed E-state index contributed by atoms with van der Waals surface area (Å²) < 4.78 is 5.84. The van der Waals surface area contributed by atoms with E-state index in [1.807, 2.05) is 0 Å². The molecule has 2 atom stereocenters. The fourth-order valence-corrected chi connectivity index (χ4v) is 2.03. The molecule has 0 radical (unpaired) electrons. The van der Waals surface area contributed by atoms with E-state index in [2.05, 4.69) is 50.1 Å². The second-order valence-corrected chi connectivity index (χ2v) is 4.42. The summed E-state index contributed by atoms with van der Waals surface area (Å²) in [5, 5.41) is 0. The molecule has 2 rings (SSSR count). The molecule has 2 nitrogen and oxygen atoms in total. The van der Waals surface area contributed by atoms with Crippen LogP contribution in [0.4, 0.5) is 0 Å². The number of hydrogen-bond donors (Lipinski definition) is 0. The molecule has 0 bridgehead atoms. The van der Waals surface area contributed by atoms with Crippen LogP contribution in [-0.2, 0) is 4.74 Å². The highest BCUT2D eigenvalue weighted by Gasteiger charge is 2.27. The van der Waals surface area contributed by atoms with Gasteiger partial charge in [-0.05, 0) is 26.5 Å². The highest BCUT2D eigenvalue weighted by atomic mass is 16.5. The van der Waals surface area contributed by atoms with Crippen molar-refractivity contribution in [1.29, 1.82) is 0 Å². The van der Waals surface area contributed by atoms with E-state index >= 15 is 0 Å². The van der Waals surface area contributed by atoms with Crippen molar-refractivity contribution in [2.75, 3.05) is 20.2 Å². The number of nitrogens with zero attached hydrogens (tertiary/aromatic N) is 1. The average molecular weight is 205 g/mol. The standard InChI is InChI=1S/C13H19NO/c1-10-4-6-12(7-5-10)13-11(2)14(3)8-9-15-13/h4-7,11,13H,8-9H2,1-3H3. The van der Waals surface area contributed by atoms with Crippen LogP contribution in [0.2, 0.25) is 0 Å². The molecule has 0 spiro atoms. The Morgan fingerprint density at radius 2 is 1.93 bits per heavy atom. The van der Waals surface area contributed by atoms with E-state index < -0.39 is 0 Å². The van der Waals surface area contributed by atoms with E-state index in [9.17, 15) is 0 Å². The zero-order valence-corrected chi connectivity index (χ0v) is 9.73. The van der Waals surface area contributed by atoms with Gasteiger partial charge in [-0.1, -0.05) is 29.8 Å². The van der Waals surface area contributed by atoms with Crippen LogP contribution in [-0.4, -0.2) is 31.1 Å². The topological polar surface area (TPSA) is 12.5 Å². The lowest BCUT2D eigenvalue weighted by Crippen LogP contribution is -2.42. The van der Waals surface area contributed by atoms with E-state index in [-0.39, 0.29) is 6.10 Å². The summed E-state index contributed by atoms with van der Waals surface area (Å²) in [5.74, 6) is 0. The van der Waals surface area contributed by atoms with Gasteiger partial charge in [-0.2, -0.15) is 0 Å². The Kier molecular flexibility index (Phi) is 3.08. The van der Waals surface area contributed by atoms with E-state index in [0.29, 0.717) is 6.04 Å². The minimum atomic E-state index is 0.226. The summed E-state index contributed by atoms with van der Waals surface area (Å²) in [4.78, 5) is 2.36. The summed E-state index contributed by atoms with van der Waals surface area (Å²) >= 11 is 0. The fraction of sp³-hybridized carbons (Fsp3) is 0.538. The van der Waals surface area contributed by atoms with Crippen molar-refractivity contribution in [3.05, 3.63) is 35.4 Å². The van der Waals surface area contributed by atoms with Crippen LogP contribution in [0.25, 0.3) is 0 Å². The van der Waals surface area contributed by atoms with Crippen molar-refractivity contribution in [1.82, 2.24) is 4.90 Å². The predicted molar refractivity (Wildman–Crippen MR) is 62.0 cm³/mol. The SMILES string of the molecule is Cc1ccc(C2OCCN(C)C2C)cc1. The van der Waals surface area contributed by atoms with Crippen LogP contribution in [0.1, 0.15) is 24.2 Å². The zero-order valence-electron chi connectivity index (χ0n) is 9.73. The smallest absolute Gasteiger partial charge is 0.0977 e. The zero-order chi connectivity index (χ0) is 10.8. The number of ether oxygens (including phenoxy) is 1. The largest absolute Gasteiger partial charge is 0.371 e. The van der Waals surface area contributed by atoms with E-state index in [4.69, 9.17) is 4.74 Å². The minimum Gasteiger partial charge on any atom is -0.371 e. The van der Waals surface area contributed by atoms with Gasteiger partial charge in [0.25, 0.3) is 0 Å². The quantitative estimate of drug-likeness (QED) is 0.698. The summed E-state index contributed by atoms with van der Waals surface area (Å²) in [7, 11) is 2.16. The normalized spacial score (nSPS) is 27.9. The third-order valence-corrected chi connectivity index (χ3v) is 3.28. The molecule has 0 aromatic heterocycles. The maximum atomic E-state index is 5.84. The number of morpholine rings is 1. The maximum absolute atomic E-state index is 5.84. The van der Waals surface area contributed by atoms with Gasteiger partial charge < -0.3 is 4.74 Å². The van der Waals surface area contributed by atoms with Gasteiger partial charge in [0.05, 0.1) is 12.7 Å². The molecule has 15 heavy (non-hydrogen) atoms. The van der Waals surface area contributed by atoms with Crippen molar-refractivity contribution in [2.24, 2.45) is 0 Å². The molecule has 0 amide bonds. The molecule has 0 N–H and O–H groups in total. The highest BCUT2D eigenvalue weighted by molar-refractivity contribution is 5.24. The molecule has 1 aromatic carbocycles. The van der Waals surface area contributed by atoms with Crippen LogP contribution >= 0.6 is 0 Å². The number of aryl methyl sites for hydroxylation is 1. The third kappa shape index (κ3) is 2.21. The number of likely N-dealkylation sites (N-methyl/N-ethyl adjacent to an activating group) is 1. The number of hydrogen-bond acceptors (Lipinski definition) is 2. The second kappa shape index (κ2) is 4.33. The fourth-order valence-electron chi connectivity index (χ4n) is 2.03. The highest BCUT2D eigenvalue weighted by Crippen LogP contribution is 2.27. The van der Waals surface area contributed by atoms with Crippen LogP contribution in [0.3, 0.4) is 0 Å². The van der Waals surface area contributed by atoms with E-state index in [1.165, 1.54) is 11.1 Å². The molecule has 1 aromatic rings. The first kappa shape index (κ1) is 10.7. The van der Waals surface area contributed by atoms with Crippen LogP contribution in [0, 0.1) is 6.92 Å². The molecule has 0 aliphatic carbocycles. The lowest BCUT2D eigenvalue weighted by atomic mass is 10.00. The molecule has 2 unspecified atom stereocenters. The van der Waals surface area contributed by atoms with Gasteiger partial charge in [0.1, 0.15) is 0 Å². The van der Waals surface area contributed by atoms with Gasteiger partial charge in [-0.15, -0.1) is 0 Å². The molecule has 1 heterocycles. The third-order valence-electron chi connectivity index (χ3n) is 3.28. The van der Waals surface area contributed by atoms with Crippen molar-refractivity contribution in [3.63, 3.8) is 0 Å². The average Bonchev–Trinajstić information content (AvgIpc) is 2.24. The molecular formula is C13H19NO. The van der Waals surface area contributed by atoms with Crippen molar-refractivity contribution >= 4 is 0 Å². The van der Waals surface area contributed by atoms with E-state index in [1.54, 1.807) is 0 Å². The summed E-state index contributed by atoms with van der Waals surface area (Å²) in [5.41, 5.74) is 2.59. The molecule has 82 valence electrons. The Labute approximate surface area is 91.9 Å². The summed E-state index contributed by atoms with van der Waals surface area (Å²) in [6, 6.07) is 9.12. The van der Waals surface area contributed by atoms with Crippen molar-refractivity contribution < 1.29 is 4.74 Å². The maximum Gasteiger partial charge on any atom is 0.0977 e. The first-order valence-corrected chi connectivity index (χ1v) is 5.57. The predicted octanol–water partition coefficient (Wildman–Crippen LogP) is 2.39. The molecular weight excluding hydrogens is 186 g/mol. The molecule has 1 saturated heterocycles. The van der Waals surface area contributed by atoms with Gasteiger partial charge in [0.2, 0.25) is 0 Å². The van der Waals surface area contributed by atoms with Gasteiger partial charge in [0, 0.05) is 12.6 Å². The van der Waals surface area contributed by atoms with Gasteiger partial charge in [-0.25, -0.2) is 0 Å². The number of benzene rings is 1. The Morgan fingerprint density at radius 1 is 1.27 bits per heavy atom. The van der Waals surface area contributed by atoms with Gasteiger partial charge in [0.15, 0.2) is 0 Å². The minimum absolute atomic E-state index is 0.226. The summed E-state index contributed by atoms with van der Waals surface area (Å²) in [6.07, 6.45) is 0.226. The lowest BCUT2D eigenvalue weighted by Gasteiger charge is -2.37. The van der Waals surface area contributed by atoms with Gasteiger partial charge in [-0.3, -0.25) is 4.90 Å². The van der Waals surface area contributed by atoms with E-state index in [0.717, 1.165) is 13.2 Å². The van der Waals surface area contributed by atoms with Crippen molar-refractivity contribution in [2.45, 2.75) is 26.0 Å². The van der Waals surface area contributed by atoms with Crippen LogP contribution in [0.15, 0.2) is 24.3 Å². The Hall–Kier alpha value is -0.860. The second-order valence-electron chi connectivity index (χ2n) is 4.42. The first-order valence-electron chi connectivity index (χ1n) is 5.57. The van der Waals surface area contributed by atoms with Crippen molar-refractivity contribution in [3.8, 4) is 0 Å². The molecule has 1 aliphatic rings. The number of rotatable bonds is 1. The monoisotopic (exact) mass is 205 g/mol. The molecule has 0 saturated carbocycles. The van der Waals surface area contributed by atoms with Gasteiger partial charge >= 0.3 is 0 Å². The van der Waals surface area contributed by atoms with Crippen LogP contribution in [0.5, 0.6) is 0 Å². The molecule has 2 heteroatoms.